The van der Waals surface area contributed by atoms with Crippen LogP contribution < -0.4 is 14.4 Å². The Morgan fingerprint density at radius 2 is 1.97 bits per heavy atom. The molecule has 2 aliphatic rings. The van der Waals surface area contributed by atoms with Crippen molar-refractivity contribution >= 4 is 21.6 Å². The predicted octanol–water partition coefficient (Wildman–Crippen LogP) is 3.57. The van der Waals surface area contributed by atoms with E-state index in [0.29, 0.717) is 18.0 Å². The van der Waals surface area contributed by atoms with Crippen LogP contribution in [0.25, 0.3) is 0 Å². The molecule has 1 aliphatic heterocycles. The summed E-state index contributed by atoms with van der Waals surface area (Å²) >= 11 is 0. The quantitative estimate of drug-likeness (QED) is 0.742. The standard InChI is InChI=1S/C23H26N2O4S/c1-17-12-13-21-20(14-17)25(30(27,28)19-10-6-3-7-11-19)16-22(29-21)23(26)24-15-18-8-4-2-5-9-18/h3,6-8,10-14,22H,2,4-5,9,15-16H2,1H3,(H,24,26)/t22-/m1/s1. The second-order valence-electron chi connectivity index (χ2n) is 7.75. The van der Waals surface area contributed by atoms with Gasteiger partial charge in [-0.25, -0.2) is 8.42 Å². The molecule has 2 aromatic rings. The van der Waals surface area contributed by atoms with Crippen molar-refractivity contribution in [3.8, 4) is 5.75 Å². The van der Waals surface area contributed by atoms with Gasteiger partial charge in [-0.15, -0.1) is 0 Å². The normalized spacial score (nSPS) is 18.8. The summed E-state index contributed by atoms with van der Waals surface area (Å²) < 4.78 is 33.9. The fourth-order valence-corrected chi connectivity index (χ4v) is 5.31. The van der Waals surface area contributed by atoms with Gasteiger partial charge in [-0.2, -0.15) is 0 Å². The van der Waals surface area contributed by atoms with E-state index in [1.807, 2.05) is 13.0 Å². The highest BCUT2D eigenvalue weighted by molar-refractivity contribution is 7.92. The first-order valence-electron chi connectivity index (χ1n) is 10.3. The van der Waals surface area contributed by atoms with Gasteiger partial charge in [0.2, 0.25) is 0 Å². The Morgan fingerprint density at radius 3 is 2.70 bits per heavy atom. The largest absolute Gasteiger partial charge is 0.476 e. The van der Waals surface area contributed by atoms with Crippen LogP contribution in [0.3, 0.4) is 0 Å². The van der Waals surface area contributed by atoms with Crippen molar-refractivity contribution in [1.82, 2.24) is 5.32 Å². The van der Waals surface area contributed by atoms with E-state index >= 15 is 0 Å². The molecule has 0 unspecified atom stereocenters. The number of sulfonamides is 1. The molecule has 158 valence electrons. The molecular weight excluding hydrogens is 400 g/mol. The summed E-state index contributed by atoms with van der Waals surface area (Å²) in [5.41, 5.74) is 2.59. The van der Waals surface area contributed by atoms with E-state index < -0.39 is 16.1 Å². The Kier molecular flexibility index (Phi) is 5.81. The number of hydrogen-bond donors (Lipinski definition) is 1. The van der Waals surface area contributed by atoms with Crippen molar-refractivity contribution in [1.29, 1.82) is 0 Å². The average Bonchev–Trinajstić information content (AvgIpc) is 2.78. The lowest BCUT2D eigenvalue weighted by Gasteiger charge is -2.35. The number of allylic oxidation sites excluding steroid dienone is 1. The molecule has 0 fully saturated rings. The first-order valence-corrected chi connectivity index (χ1v) is 11.7. The number of aryl methyl sites for hydroxylation is 1. The minimum absolute atomic E-state index is 0.0709. The number of carbonyl (C=O) groups is 1. The lowest BCUT2D eigenvalue weighted by molar-refractivity contribution is -0.127. The molecule has 1 aliphatic carbocycles. The van der Waals surface area contributed by atoms with Crippen molar-refractivity contribution in [2.24, 2.45) is 0 Å². The van der Waals surface area contributed by atoms with E-state index in [0.717, 1.165) is 24.8 Å². The van der Waals surface area contributed by atoms with E-state index in [9.17, 15) is 13.2 Å². The minimum atomic E-state index is -3.83. The van der Waals surface area contributed by atoms with Crippen molar-refractivity contribution < 1.29 is 17.9 Å². The number of fused-ring (bicyclic) bond motifs is 1. The van der Waals surface area contributed by atoms with Crippen LogP contribution in [0.2, 0.25) is 0 Å². The lowest BCUT2D eigenvalue weighted by Crippen LogP contribution is -2.51. The van der Waals surface area contributed by atoms with Crippen LogP contribution in [0.4, 0.5) is 5.69 Å². The summed E-state index contributed by atoms with van der Waals surface area (Å²) in [5, 5.41) is 2.92. The van der Waals surface area contributed by atoms with Crippen LogP contribution >= 0.6 is 0 Å². The zero-order valence-corrected chi connectivity index (χ0v) is 17.8. The number of rotatable bonds is 5. The first kappa shape index (κ1) is 20.5. The molecule has 1 N–H and O–H groups in total. The summed E-state index contributed by atoms with van der Waals surface area (Å²) in [4.78, 5) is 13.0. The Balaban J connectivity index is 1.60. The van der Waals surface area contributed by atoms with Crippen LogP contribution in [0, 0.1) is 6.92 Å². The number of carbonyl (C=O) groups excluding carboxylic acids is 1. The maximum atomic E-state index is 13.4. The molecule has 0 aromatic heterocycles. The monoisotopic (exact) mass is 426 g/mol. The van der Waals surface area contributed by atoms with E-state index in [4.69, 9.17) is 4.74 Å². The molecule has 4 rings (SSSR count). The van der Waals surface area contributed by atoms with E-state index in [1.165, 1.54) is 16.3 Å². The Labute approximate surface area is 177 Å². The highest BCUT2D eigenvalue weighted by Crippen LogP contribution is 2.37. The number of hydrogen-bond acceptors (Lipinski definition) is 4. The SMILES string of the molecule is Cc1ccc2c(c1)N(S(=O)(=O)c1ccccc1)C[C@H](C(=O)NCC1=CCCCC1)O2. The van der Waals surface area contributed by atoms with Gasteiger partial charge in [0, 0.05) is 6.54 Å². The molecule has 1 heterocycles. The van der Waals surface area contributed by atoms with Crippen LogP contribution in [0.1, 0.15) is 31.2 Å². The zero-order chi connectivity index (χ0) is 21.1. The number of amides is 1. The summed E-state index contributed by atoms with van der Waals surface area (Å²) in [6, 6.07) is 13.6. The highest BCUT2D eigenvalue weighted by Gasteiger charge is 2.37. The Hall–Kier alpha value is -2.80. The fraction of sp³-hybridized carbons (Fsp3) is 0.348. The molecular formula is C23H26N2O4S. The van der Waals surface area contributed by atoms with E-state index in [-0.39, 0.29) is 17.3 Å². The van der Waals surface area contributed by atoms with Gasteiger partial charge in [-0.05, 0) is 62.4 Å². The van der Waals surface area contributed by atoms with Crippen LogP contribution in [-0.4, -0.2) is 33.5 Å². The third-order valence-corrected chi connectivity index (χ3v) is 7.28. The van der Waals surface area contributed by atoms with Gasteiger partial charge < -0.3 is 10.1 Å². The summed E-state index contributed by atoms with van der Waals surface area (Å²) in [5.74, 6) is 0.0874. The van der Waals surface area contributed by atoms with Gasteiger partial charge in [0.05, 0.1) is 17.1 Å². The maximum Gasteiger partial charge on any atom is 0.264 e. The molecule has 6 nitrogen and oxygen atoms in total. The van der Waals surface area contributed by atoms with Crippen LogP contribution in [-0.2, 0) is 14.8 Å². The molecule has 1 atom stereocenters. The third kappa shape index (κ3) is 4.21. The van der Waals surface area contributed by atoms with Gasteiger partial charge in [-0.3, -0.25) is 9.10 Å². The smallest absolute Gasteiger partial charge is 0.264 e. The predicted molar refractivity (Wildman–Crippen MR) is 116 cm³/mol. The fourth-order valence-electron chi connectivity index (χ4n) is 3.82. The maximum absolute atomic E-state index is 13.4. The highest BCUT2D eigenvalue weighted by atomic mass is 32.2. The Bertz CT molecular complexity index is 1060. The second kappa shape index (κ2) is 8.52. The van der Waals surface area contributed by atoms with Gasteiger partial charge >= 0.3 is 0 Å². The molecule has 0 spiro atoms. The van der Waals surface area contributed by atoms with Gasteiger partial charge in [0.25, 0.3) is 15.9 Å². The topological polar surface area (TPSA) is 75.7 Å². The average molecular weight is 427 g/mol. The van der Waals surface area contributed by atoms with Gasteiger partial charge in [0.1, 0.15) is 5.75 Å². The lowest BCUT2D eigenvalue weighted by atomic mass is 10.00. The zero-order valence-electron chi connectivity index (χ0n) is 17.0. The molecule has 0 radical (unpaired) electrons. The van der Waals surface area contributed by atoms with Crippen molar-refractivity contribution in [2.45, 2.75) is 43.6 Å². The van der Waals surface area contributed by atoms with Crippen molar-refractivity contribution in [2.75, 3.05) is 17.4 Å². The van der Waals surface area contributed by atoms with Crippen LogP contribution in [0.5, 0.6) is 5.75 Å². The molecule has 0 saturated heterocycles. The van der Waals surface area contributed by atoms with E-state index in [1.54, 1.807) is 42.5 Å². The van der Waals surface area contributed by atoms with E-state index in [2.05, 4.69) is 11.4 Å². The molecule has 7 heteroatoms. The summed E-state index contributed by atoms with van der Waals surface area (Å²) in [6.45, 7) is 2.30. The van der Waals surface area contributed by atoms with Crippen molar-refractivity contribution in [3.63, 3.8) is 0 Å². The van der Waals surface area contributed by atoms with Gasteiger partial charge in [0.15, 0.2) is 6.10 Å². The number of nitrogens with one attached hydrogen (secondary N) is 1. The summed E-state index contributed by atoms with van der Waals surface area (Å²) in [7, 11) is -3.83. The molecule has 2 aromatic carbocycles. The third-order valence-electron chi connectivity index (χ3n) is 5.48. The number of ether oxygens (including phenoxy) is 1. The molecule has 0 bridgehead atoms. The molecule has 30 heavy (non-hydrogen) atoms. The Morgan fingerprint density at radius 1 is 1.17 bits per heavy atom. The summed E-state index contributed by atoms with van der Waals surface area (Å²) in [6.07, 6.45) is 5.62. The number of anilines is 1. The first-order chi connectivity index (χ1) is 14.4. The molecule has 1 amide bonds. The molecule has 0 saturated carbocycles. The second-order valence-corrected chi connectivity index (χ2v) is 9.62. The number of nitrogens with zero attached hydrogens (tertiary/aromatic N) is 1. The minimum Gasteiger partial charge on any atom is -0.476 e. The van der Waals surface area contributed by atoms with Crippen molar-refractivity contribution in [3.05, 3.63) is 65.7 Å². The van der Waals surface area contributed by atoms with Crippen LogP contribution in [0.15, 0.2) is 65.1 Å². The number of benzene rings is 2. The van der Waals surface area contributed by atoms with Gasteiger partial charge in [-0.1, -0.05) is 35.9 Å².